The molecule has 2 heteroatoms. The highest BCUT2D eigenvalue weighted by Crippen LogP contribution is 2.22. The molecule has 0 amide bonds. The second-order valence-electron chi connectivity index (χ2n) is 4.64. The number of rotatable bonds is 0. The molecule has 1 atom stereocenters. The fraction of sp³-hybridized carbons (Fsp3) is 1.00. The minimum atomic E-state index is 0.268. The minimum absolute atomic E-state index is 0.268. The van der Waals surface area contributed by atoms with Crippen molar-refractivity contribution in [3.8, 4) is 0 Å². The van der Waals surface area contributed by atoms with Crippen LogP contribution in [0, 0.1) is 5.41 Å². The summed E-state index contributed by atoms with van der Waals surface area (Å²) in [5.74, 6) is 0. The van der Waals surface area contributed by atoms with Gasteiger partial charge >= 0.3 is 0 Å². The molecule has 1 aliphatic heterocycles. The van der Waals surface area contributed by atoms with Crippen LogP contribution in [0.5, 0.6) is 0 Å². The standard InChI is InChI=1S/C10H21NO/c1-10(2,3)9-8-11-6-4-5-7-12-9/h9,11H,4-8H2,1-3H3. The van der Waals surface area contributed by atoms with Crippen LogP contribution in [-0.4, -0.2) is 25.8 Å². The van der Waals surface area contributed by atoms with Crippen molar-refractivity contribution >= 4 is 0 Å². The summed E-state index contributed by atoms with van der Waals surface area (Å²) < 4.78 is 5.78. The highest BCUT2D eigenvalue weighted by Gasteiger charge is 2.25. The third kappa shape index (κ3) is 3.11. The lowest BCUT2D eigenvalue weighted by atomic mass is 9.88. The summed E-state index contributed by atoms with van der Waals surface area (Å²) in [5, 5.41) is 3.42. The molecule has 0 aromatic heterocycles. The minimum Gasteiger partial charge on any atom is -0.376 e. The van der Waals surface area contributed by atoms with Gasteiger partial charge in [0, 0.05) is 13.2 Å². The van der Waals surface area contributed by atoms with Gasteiger partial charge in [-0.25, -0.2) is 0 Å². The van der Waals surface area contributed by atoms with E-state index in [1.807, 2.05) is 0 Å². The summed E-state index contributed by atoms with van der Waals surface area (Å²) in [4.78, 5) is 0. The third-order valence-corrected chi connectivity index (χ3v) is 2.36. The average Bonchev–Trinajstić information content (AvgIpc) is 1.81. The fourth-order valence-electron chi connectivity index (χ4n) is 1.43. The van der Waals surface area contributed by atoms with Crippen LogP contribution in [0.1, 0.15) is 33.6 Å². The zero-order valence-corrected chi connectivity index (χ0v) is 8.52. The average molecular weight is 171 g/mol. The normalized spacial score (nSPS) is 27.8. The van der Waals surface area contributed by atoms with E-state index < -0.39 is 0 Å². The SMILES string of the molecule is CC(C)(C)C1CNCCCCO1. The number of ether oxygens (including phenoxy) is 1. The highest BCUT2D eigenvalue weighted by molar-refractivity contribution is 4.77. The Hall–Kier alpha value is -0.0800. The molecule has 0 bridgehead atoms. The van der Waals surface area contributed by atoms with Gasteiger partial charge in [-0.15, -0.1) is 0 Å². The van der Waals surface area contributed by atoms with Crippen LogP contribution in [0.15, 0.2) is 0 Å². The van der Waals surface area contributed by atoms with Crippen molar-refractivity contribution in [2.45, 2.75) is 39.7 Å². The van der Waals surface area contributed by atoms with Crippen molar-refractivity contribution in [2.75, 3.05) is 19.7 Å². The van der Waals surface area contributed by atoms with Gasteiger partial charge in [-0.05, 0) is 24.8 Å². The van der Waals surface area contributed by atoms with Crippen molar-refractivity contribution in [2.24, 2.45) is 5.41 Å². The lowest BCUT2D eigenvalue weighted by Crippen LogP contribution is -2.40. The smallest absolute Gasteiger partial charge is 0.0747 e. The molecule has 0 aromatic rings. The second kappa shape index (κ2) is 4.24. The molecule has 1 saturated heterocycles. The largest absolute Gasteiger partial charge is 0.376 e. The molecule has 0 radical (unpaired) electrons. The van der Waals surface area contributed by atoms with Crippen molar-refractivity contribution < 1.29 is 4.74 Å². The predicted octanol–water partition coefficient (Wildman–Crippen LogP) is 1.80. The van der Waals surface area contributed by atoms with Gasteiger partial charge in [-0.3, -0.25) is 0 Å². The van der Waals surface area contributed by atoms with Crippen LogP contribution in [0.3, 0.4) is 0 Å². The van der Waals surface area contributed by atoms with E-state index in [1.54, 1.807) is 0 Å². The molecule has 12 heavy (non-hydrogen) atoms. The topological polar surface area (TPSA) is 21.3 Å². The zero-order valence-electron chi connectivity index (χ0n) is 8.52. The van der Waals surface area contributed by atoms with E-state index in [-0.39, 0.29) is 5.41 Å². The maximum absolute atomic E-state index is 5.78. The molecule has 72 valence electrons. The van der Waals surface area contributed by atoms with Crippen molar-refractivity contribution in [3.63, 3.8) is 0 Å². The summed E-state index contributed by atoms with van der Waals surface area (Å²) in [5.41, 5.74) is 0.268. The first kappa shape index (κ1) is 10.0. The molecule has 0 saturated carbocycles. The van der Waals surface area contributed by atoms with Crippen molar-refractivity contribution in [1.29, 1.82) is 0 Å². The van der Waals surface area contributed by atoms with Gasteiger partial charge in [0.15, 0.2) is 0 Å². The van der Waals surface area contributed by atoms with E-state index in [2.05, 4.69) is 26.1 Å². The first-order valence-electron chi connectivity index (χ1n) is 4.93. The van der Waals surface area contributed by atoms with E-state index >= 15 is 0 Å². The summed E-state index contributed by atoms with van der Waals surface area (Å²) >= 11 is 0. The Labute approximate surface area is 75.7 Å². The monoisotopic (exact) mass is 171 g/mol. The first-order valence-corrected chi connectivity index (χ1v) is 4.93. The molecule has 1 fully saturated rings. The van der Waals surface area contributed by atoms with E-state index in [9.17, 15) is 0 Å². The van der Waals surface area contributed by atoms with Crippen LogP contribution in [0.2, 0.25) is 0 Å². The van der Waals surface area contributed by atoms with Crippen LogP contribution in [0.25, 0.3) is 0 Å². The molecule has 1 heterocycles. The van der Waals surface area contributed by atoms with E-state index in [1.165, 1.54) is 12.8 Å². The second-order valence-corrected chi connectivity index (χ2v) is 4.64. The van der Waals surface area contributed by atoms with Crippen LogP contribution >= 0.6 is 0 Å². The fourth-order valence-corrected chi connectivity index (χ4v) is 1.43. The maximum atomic E-state index is 5.78. The van der Waals surface area contributed by atoms with E-state index in [0.29, 0.717) is 6.10 Å². The summed E-state index contributed by atoms with van der Waals surface area (Å²) in [6.07, 6.45) is 2.81. The first-order chi connectivity index (χ1) is 5.61. The van der Waals surface area contributed by atoms with E-state index in [4.69, 9.17) is 4.74 Å². The summed E-state index contributed by atoms with van der Waals surface area (Å²) in [6, 6.07) is 0. The number of hydrogen-bond acceptors (Lipinski definition) is 2. The Balaban J connectivity index is 2.40. The van der Waals surface area contributed by atoms with E-state index in [0.717, 1.165) is 19.7 Å². The molecular weight excluding hydrogens is 150 g/mol. The lowest BCUT2D eigenvalue weighted by molar-refractivity contribution is -0.0231. The van der Waals surface area contributed by atoms with Gasteiger partial charge in [-0.2, -0.15) is 0 Å². The molecular formula is C10H21NO. The molecule has 1 aliphatic rings. The Morgan fingerprint density at radius 2 is 2.00 bits per heavy atom. The molecule has 0 spiro atoms. The Kier molecular flexibility index (Phi) is 3.53. The number of nitrogens with one attached hydrogen (secondary N) is 1. The molecule has 0 aromatic carbocycles. The van der Waals surface area contributed by atoms with Crippen LogP contribution < -0.4 is 5.32 Å². The molecule has 2 nitrogen and oxygen atoms in total. The Bertz CT molecular complexity index is 120. The highest BCUT2D eigenvalue weighted by atomic mass is 16.5. The maximum Gasteiger partial charge on any atom is 0.0747 e. The molecule has 1 rings (SSSR count). The predicted molar refractivity (Wildman–Crippen MR) is 51.3 cm³/mol. The zero-order chi connectivity index (χ0) is 9.03. The third-order valence-electron chi connectivity index (χ3n) is 2.36. The Morgan fingerprint density at radius 3 is 2.67 bits per heavy atom. The van der Waals surface area contributed by atoms with Gasteiger partial charge in [0.25, 0.3) is 0 Å². The molecule has 0 aliphatic carbocycles. The summed E-state index contributed by atoms with van der Waals surface area (Å²) in [7, 11) is 0. The Morgan fingerprint density at radius 1 is 1.25 bits per heavy atom. The quantitative estimate of drug-likeness (QED) is 0.600. The van der Waals surface area contributed by atoms with Gasteiger partial charge in [-0.1, -0.05) is 20.8 Å². The van der Waals surface area contributed by atoms with Gasteiger partial charge in [0.2, 0.25) is 0 Å². The van der Waals surface area contributed by atoms with Crippen LogP contribution in [-0.2, 0) is 4.74 Å². The lowest BCUT2D eigenvalue weighted by Gasteiger charge is -2.32. The van der Waals surface area contributed by atoms with Gasteiger partial charge < -0.3 is 10.1 Å². The number of hydrogen-bond donors (Lipinski definition) is 1. The van der Waals surface area contributed by atoms with Crippen molar-refractivity contribution in [1.82, 2.24) is 5.32 Å². The summed E-state index contributed by atoms with van der Waals surface area (Å²) in [6.45, 7) is 9.80. The van der Waals surface area contributed by atoms with Crippen molar-refractivity contribution in [3.05, 3.63) is 0 Å². The molecule has 1 unspecified atom stereocenters. The van der Waals surface area contributed by atoms with Gasteiger partial charge in [0.1, 0.15) is 0 Å². The van der Waals surface area contributed by atoms with Gasteiger partial charge in [0.05, 0.1) is 6.10 Å². The molecule has 1 N–H and O–H groups in total. The van der Waals surface area contributed by atoms with Crippen LogP contribution in [0.4, 0.5) is 0 Å².